The van der Waals surface area contributed by atoms with Crippen molar-refractivity contribution in [3.63, 3.8) is 0 Å². The van der Waals surface area contributed by atoms with E-state index in [1.54, 1.807) is 18.3 Å². The quantitative estimate of drug-likeness (QED) is 0.808. The summed E-state index contributed by atoms with van der Waals surface area (Å²) in [7, 11) is 0. The molecule has 1 aromatic carbocycles. The molecule has 0 aliphatic carbocycles. The van der Waals surface area contributed by atoms with Gasteiger partial charge in [-0.1, -0.05) is 12.5 Å². The van der Waals surface area contributed by atoms with Crippen LogP contribution in [0, 0.1) is 18.3 Å². The number of amides is 2. The van der Waals surface area contributed by atoms with Crippen LogP contribution in [-0.2, 0) is 9.53 Å². The van der Waals surface area contributed by atoms with Crippen LogP contribution in [0.1, 0.15) is 20.3 Å². The van der Waals surface area contributed by atoms with E-state index < -0.39 is 18.0 Å². The van der Waals surface area contributed by atoms with Crippen molar-refractivity contribution < 1.29 is 18.7 Å². The molecule has 2 amide bonds. The van der Waals surface area contributed by atoms with Crippen molar-refractivity contribution in [3.8, 4) is 0 Å². The van der Waals surface area contributed by atoms with Crippen molar-refractivity contribution >= 4 is 23.4 Å². The maximum absolute atomic E-state index is 14.8. The van der Waals surface area contributed by atoms with Crippen molar-refractivity contribution in [2.75, 3.05) is 36.0 Å². The molecule has 2 atom stereocenters. The molecule has 0 radical (unpaired) electrons. The average Bonchev–Trinajstić information content (AvgIpc) is 3.02. The number of hydrogen-bond acceptors (Lipinski definition) is 4. The van der Waals surface area contributed by atoms with E-state index in [9.17, 15) is 14.0 Å². The molecular formula is C20H23FN4O3. The highest BCUT2D eigenvalue weighted by Gasteiger charge is 2.33. The highest BCUT2D eigenvalue weighted by Crippen LogP contribution is 2.32. The summed E-state index contributed by atoms with van der Waals surface area (Å²) in [6.07, 6.45) is 1.28. The number of carbonyl (C=O) groups excluding carboxylic acids is 2. The molecule has 1 N–H and O–H groups in total. The zero-order chi connectivity index (χ0) is 20.3. The zero-order valence-corrected chi connectivity index (χ0v) is 15.9. The van der Waals surface area contributed by atoms with Gasteiger partial charge in [-0.25, -0.2) is 14.0 Å². The Bertz CT molecular complexity index is 848. The Hall–Kier alpha value is -3.08. The molecular weight excluding hydrogens is 363 g/mol. The minimum Gasteiger partial charge on any atom is -0.442 e. The molecule has 0 bridgehead atoms. The number of nitrogens with zero attached hydrogens (tertiary/aromatic N) is 3. The third-order valence-corrected chi connectivity index (χ3v) is 5.06. The molecule has 2 fully saturated rings. The lowest BCUT2D eigenvalue weighted by molar-refractivity contribution is -0.119. The van der Waals surface area contributed by atoms with Crippen molar-refractivity contribution in [2.45, 2.75) is 26.4 Å². The second-order valence-corrected chi connectivity index (χ2v) is 7.12. The van der Waals surface area contributed by atoms with Gasteiger partial charge in [-0.2, -0.15) is 0 Å². The first kappa shape index (κ1) is 19.7. The molecule has 2 aliphatic heterocycles. The number of cyclic esters (lactones) is 1. The summed E-state index contributed by atoms with van der Waals surface area (Å²) in [6.45, 7) is 12.2. The summed E-state index contributed by atoms with van der Waals surface area (Å²) in [5.74, 6) is -0.416. The van der Waals surface area contributed by atoms with Gasteiger partial charge in [0.25, 0.3) is 0 Å². The number of carbonyl (C=O) groups is 2. The lowest BCUT2D eigenvalue weighted by Gasteiger charge is -2.35. The molecule has 1 aromatic rings. The van der Waals surface area contributed by atoms with Crippen molar-refractivity contribution in [3.05, 3.63) is 47.2 Å². The number of hydrogen-bond donors (Lipinski definition) is 1. The van der Waals surface area contributed by atoms with E-state index in [1.807, 2.05) is 11.8 Å². The Morgan fingerprint density at radius 1 is 1.46 bits per heavy atom. The molecule has 0 spiro atoms. The number of piperidine rings is 1. The van der Waals surface area contributed by atoms with Gasteiger partial charge in [-0.05, 0) is 30.5 Å². The summed E-state index contributed by atoms with van der Waals surface area (Å²) < 4.78 is 20.0. The van der Waals surface area contributed by atoms with Crippen molar-refractivity contribution in [1.82, 2.24) is 5.32 Å². The first-order chi connectivity index (χ1) is 13.4. The maximum Gasteiger partial charge on any atom is 0.414 e. The molecule has 2 heterocycles. The molecule has 0 saturated carbocycles. The topological polar surface area (TPSA) is 66.2 Å². The van der Waals surface area contributed by atoms with E-state index in [4.69, 9.17) is 11.3 Å². The Labute approximate surface area is 163 Å². The minimum absolute atomic E-state index is 0.185. The van der Waals surface area contributed by atoms with Gasteiger partial charge in [-0.3, -0.25) is 9.69 Å². The molecule has 148 valence electrons. The summed E-state index contributed by atoms with van der Waals surface area (Å²) in [4.78, 5) is 29.8. The van der Waals surface area contributed by atoms with Gasteiger partial charge >= 0.3 is 6.09 Å². The van der Waals surface area contributed by atoms with E-state index in [1.165, 1.54) is 17.9 Å². The lowest BCUT2D eigenvalue weighted by atomic mass is 9.93. The number of benzene rings is 1. The third-order valence-electron chi connectivity index (χ3n) is 5.06. The summed E-state index contributed by atoms with van der Waals surface area (Å²) >= 11 is 0. The highest BCUT2D eigenvalue weighted by atomic mass is 19.1. The predicted molar refractivity (Wildman–Crippen MR) is 103 cm³/mol. The van der Waals surface area contributed by atoms with Crippen LogP contribution in [0.2, 0.25) is 0 Å². The van der Waals surface area contributed by atoms with Crippen molar-refractivity contribution in [1.29, 1.82) is 0 Å². The second kappa shape index (κ2) is 8.30. The molecule has 1 unspecified atom stereocenters. The fourth-order valence-corrected chi connectivity index (χ4v) is 3.56. The van der Waals surface area contributed by atoms with Crippen molar-refractivity contribution in [2.24, 2.45) is 5.92 Å². The molecule has 0 aromatic heterocycles. The van der Waals surface area contributed by atoms with Crippen LogP contribution in [0.25, 0.3) is 4.85 Å². The average molecular weight is 386 g/mol. The Kier molecular flexibility index (Phi) is 5.83. The largest absolute Gasteiger partial charge is 0.442 e. The fraction of sp³-hybridized carbons (Fsp3) is 0.450. The first-order valence-corrected chi connectivity index (χ1v) is 9.21. The van der Waals surface area contributed by atoms with Crippen LogP contribution >= 0.6 is 0 Å². The van der Waals surface area contributed by atoms with E-state index in [0.717, 1.165) is 12.0 Å². The summed E-state index contributed by atoms with van der Waals surface area (Å²) in [6, 6.07) is 4.72. The standard InChI is InChI=1S/C20H23FN4O3/c1-13-11-24(7-6-15(13)9-22-3)19-5-4-16(8-18(19)21)25-12-17(28-20(25)27)10-23-14(2)26/h4-5,8-9,13,17H,6-7,10-12H2,1-2H3,(H,23,26)/t13?,17-/m0/s1. The van der Waals surface area contributed by atoms with E-state index >= 15 is 0 Å². The SMILES string of the molecule is [C-]#[N+]C=C1CCN(c2ccc(N3C[C@H](CNC(C)=O)OC3=O)cc2F)CC1C. The van der Waals surface area contributed by atoms with Crippen LogP contribution in [0.5, 0.6) is 0 Å². The highest BCUT2D eigenvalue weighted by molar-refractivity contribution is 5.90. The second-order valence-electron chi connectivity index (χ2n) is 7.12. The number of ether oxygens (including phenoxy) is 1. The van der Waals surface area contributed by atoms with Crippen LogP contribution in [-0.4, -0.2) is 44.3 Å². The normalized spacial score (nSPS) is 23.5. The number of nitrogens with one attached hydrogen (secondary N) is 1. The van der Waals surface area contributed by atoms with Crippen LogP contribution in [0.4, 0.5) is 20.6 Å². The summed E-state index contributed by atoms with van der Waals surface area (Å²) in [5, 5.41) is 2.61. The predicted octanol–water partition coefficient (Wildman–Crippen LogP) is 2.94. The van der Waals surface area contributed by atoms with Gasteiger partial charge in [0.2, 0.25) is 5.91 Å². The monoisotopic (exact) mass is 386 g/mol. The van der Waals surface area contributed by atoms with Crippen LogP contribution in [0.3, 0.4) is 0 Å². The first-order valence-electron chi connectivity index (χ1n) is 9.21. The Morgan fingerprint density at radius 2 is 2.25 bits per heavy atom. The van der Waals surface area contributed by atoms with Gasteiger partial charge in [0.1, 0.15) is 11.9 Å². The Morgan fingerprint density at radius 3 is 2.89 bits per heavy atom. The number of halogens is 1. The van der Waals surface area contributed by atoms with E-state index in [0.29, 0.717) is 24.5 Å². The Balaban J connectivity index is 1.69. The van der Waals surface area contributed by atoms with Gasteiger partial charge in [0.15, 0.2) is 6.20 Å². The van der Waals surface area contributed by atoms with E-state index in [2.05, 4.69) is 10.2 Å². The van der Waals surface area contributed by atoms with Gasteiger partial charge in [0.05, 0.1) is 31.0 Å². The molecule has 28 heavy (non-hydrogen) atoms. The fourth-order valence-electron chi connectivity index (χ4n) is 3.56. The smallest absolute Gasteiger partial charge is 0.414 e. The molecule has 3 rings (SSSR count). The van der Waals surface area contributed by atoms with Crippen LogP contribution in [0.15, 0.2) is 30.0 Å². The lowest BCUT2D eigenvalue weighted by Crippen LogP contribution is -2.36. The zero-order valence-electron chi connectivity index (χ0n) is 15.9. The molecule has 2 aliphatic rings. The minimum atomic E-state index is -0.553. The number of rotatable bonds is 4. The van der Waals surface area contributed by atoms with Crippen LogP contribution < -0.4 is 15.1 Å². The number of anilines is 2. The molecule has 2 saturated heterocycles. The molecule has 8 heteroatoms. The van der Waals surface area contributed by atoms with Gasteiger partial charge in [-0.15, -0.1) is 0 Å². The van der Waals surface area contributed by atoms with Gasteiger partial charge < -0.3 is 15.0 Å². The van der Waals surface area contributed by atoms with E-state index in [-0.39, 0.29) is 24.9 Å². The molecule has 7 nitrogen and oxygen atoms in total. The maximum atomic E-state index is 14.8. The summed E-state index contributed by atoms with van der Waals surface area (Å²) in [5.41, 5.74) is 2.00. The third kappa shape index (κ3) is 4.25. The van der Waals surface area contributed by atoms with Gasteiger partial charge in [0, 0.05) is 20.0 Å².